The Balaban J connectivity index is 1.43. The van der Waals surface area contributed by atoms with E-state index in [2.05, 4.69) is 9.88 Å². The zero-order chi connectivity index (χ0) is 19.3. The fraction of sp³-hybridized carbons (Fsp3) is 0.500. The summed E-state index contributed by atoms with van der Waals surface area (Å²) in [5, 5.41) is 0.699. The van der Waals surface area contributed by atoms with E-state index >= 15 is 0 Å². The van der Waals surface area contributed by atoms with Crippen molar-refractivity contribution in [2.45, 2.75) is 38.0 Å². The van der Waals surface area contributed by atoms with Gasteiger partial charge in [-0.15, -0.1) is 0 Å². The second kappa shape index (κ2) is 9.01. The molecule has 1 amide bonds. The molecule has 2 aliphatic heterocycles. The summed E-state index contributed by atoms with van der Waals surface area (Å²) in [6, 6.07) is 7.71. The number of likely N-dealkylation sites (tertiary alicyclic amines) is 2. The van der Waals surface area contributed by atoms with Crippen molar-refractivity contribution < 1.29 is 4.79 Å². The van der Waals surface area contributed by atoms with Crippen molar-refractivity contribution in [1.82, 2.24) is 19.8 Å². The smallest absolute Gasteiger partial charge is 0.236 e. The Hall–Kier alpha value is -1.98. The highest BCUT2D eigenvalue weighted by molar-refractivity contribution is 6.30. The lowest BCUT2D eigenvalue weighted by atomic mass is 9.94. The maximum Gasteiger partial charge on any atom is 0.236 e. The third-order valence-electron chi connectivity index (χ3n) is 5.76. The van der Waals surface area contributed by atoms with Crippen LogP contribution in [-0.4, -0.2) is 58.4 Å². The molecule has 6 heteroatoms. The summed E-state index contributed by atoms with van der Waals surface area (Å²) in [7, 11) is 0. The Kier molecular flexibility index (Phi) is 6.23. The molecular weight excluding hydrogens is 372 g/mol. The van der Waals surface area contributed by atoms with E-state index in [-0.39, 0.29) is 5.91 Å². The van der Waals surface area contributed by atoms with Gasteiger partial charge in [0.05, 0.1) is 24.1 Å². The molecular formula is C22H27ClN4O. The average molecular weight is 399 g/mol. The molecule has 3 heterocycles. The SMILES string of the molecule is O=C(CN1CCCC(c2cncc(-c3cccc(Cl)c3)n2)C1)N1CCCCC1. The number of hydrogen-bond acceptors (Lipinski definition) is 4. The van der Waals surface area contributed by atoms with Crippen LogP contribution in [0.15, 0.2) is 36.7 Å². The third kappa shape index (κ3) is 4.70. The molecule has 1 unspecified atom stereocenters. The molecule has 0 N–H and O–H groups in total. The van der Waals surface area contributed by atoms with Crippen LogP contribution in [0.1, 0.15) is 43.7 Å². The van der Waals surface area contributed by atoms with Crippen molar-refractivity contribution in [3.8, 4) is 11.3 Å². The number of nitrogens with zero attached hydrogens (tertiary/aromatic N) is 4. The van der Waals surface area contributed by atoms with Crippen molar-refractivity contribution in [2.24, 2.45) is 0 Å². The molecule has 0 aliphatic carbocycles. The Bertz CT molecular complexity index is 822. The highest BCUT2D eigenvalue weighted by Gasteiger charge is 2.26. The first-order chi connectivity index (χ1) is 13.7. The van der Waals surface area contributed by atoms with Gasteiger partial charge in [0.1, 0.15) is 0 Å². The van der Waals surface area contributed by atoms with Crippen LogP contribution in [0.5, 0.6) is 0 Å². The van der Waals surface area contributed by atoms with E-state index in [0.29, 0.717) is 17.5 Å². The standard InChI is InChI=1S/C22H27ClN4O/c23-19-8-4-6-17(12-19)20-13-24-14-21(25-20)18-7-5-9-26(15-18)16-22(28)27-10-2-1-3-11-27/h4,6,8,12-14,18H,1-3,5,7,9-11,15-16H2. The Morgan fingerprint density at radius 1 is 1.11 bits per heavy atom. The molecule has 1 aromatic carbocycles. The Morgan fingerprint density at radius 3 is 2.79 bits per heavy atom. The van der Waals surface area contributed by atoms with Gasteiger partial charge in [-0.3, -0.25) is 14.7 Å². The Morgan fingerprint density at radius 2 is 1.96 bits per heavy atom. The minimum Gasteiger partial charge on any atom is -0.342 e. The first-order valence-corrected chi connectivity index (χ1v) is 10.6. The zero-order valence-electron chi connectivity index (χ0n) is 16.2. The third-order valence-corrected chi connectivity index (χ3v) is 6.00. The highest BCUT2D eigenvalue weighted by atomic mass is 35.5. The molecule has 28 heavy (non-hydrogen) atoms. The average Bonchev–Trinajstić information content (AvgIpc) is 2.75. The fourth-order valence-corrected chi connectivity index (χ4v) is 4.43. The summed E-state index contributed by atoms with van der Waals surface area (Å²) in [6.45, 7) is 4.22. The molecule has 0 radical (unpaired) electrons. The van der Waals surface area contributed by atoms with Gasteiger partial charge in [0.2, 0.25) is 5.91 Å². The number of rotatable bonds is 4. The summed E-state index contributed by atoms with van der Waals surface area (Å²) < 4.78 is 0. The molecule has 1 atom stereocenters. The van der Waals surface area contributed by atoms with Crippen molar-refractivity contribution in [1.29, 1.82) is 0 Å². The van der Waals surface area contributed by atoms with Crippen LogP contribution in [0.3, 0.4) is 0 Å². The molecule has 0 bridgehead atoms. The van der Waals surface area contributed by atoms with Gasteiger partial charge in [-0.05, 0) is 50.8 Å². The molecule has 2 aromatic rings. The van der Waals surface area contributed by atoms with Gasteiger partial charge in [0.25, 0.3) is 0 Å². The van der Waals surface area contributed by atoms with Gasteiger partial charge in [0.15, 0.2) is 0 Å². The van der Waals surface area contributed by atoms with Crippen LogP contribution in [-0.2, 0) is 4.79 Å². The largest absolute Gasteiger partial charge is 0.342 e. The maximum absolute atomic E-state index is 12.6. The van der Waals surface area contributed by atoms with Crippen LogP contribution in [0.25, 0.3) is 11.3 Å². The van der Waals surface area contributed by atoms with Gasteiger partial charge >= 0.3 is 0 Å². The van der Waals surface area contributed by atoms with Crippen molar-refractivity contribution in [3.63, 3.8) is 0 Å². The summed E-state index contributed by atoms with van der Waals surface area (Å²) in [4.78, 5) is 26.2. The van der Waals surface area contributed by atoms with Crippen LogP contribution < -0.4 is 0 Å². The van der Waals surface area contributed by atoms with Crippen LogP contribution in [0.4, 0.5) is 0 Å². The number of aromatic nitrogens is 2. The zero-order valence-corrected chi connectivity index (χ0v) is 16.9. The number of piperidine rings is 2. The second-order valence-corrected chi connectivity index (χ2v) is 8.29. The van der Waals surface area contributed by atoms with E-state index in [1.165, 1.54) is 6.42 Å². The van der Waals surface area contributed by atoms with Gasteiger partial charge < -0.3 is 4.90 Å². The topological polar surface area (TPSA) is 49.3 Å². The van der Waals surface area contributed by atoms with Crippen LogP contribution in [0, 0.1) is 0 Å². The Labute approximate surface area is 171 Å². The molecule has 4 rings (SSSR count). The monoisotopic (exact) mass is 398 g/mol. The predicted molar refractivity (Wildman–Crippen MR) is 111 cm³/mol. The predicted octanol–water partition coefficient (Wildman–Crippen LogP) is 3.99. The van der Waals surface area contributed by atoms with Gasteiger partial charge in [-0.1, -0.05) is 23.7 Å². The number of carbonyl (C=O) groups is 1. The lowest BCUT2D eigenvalue weighted by Gasteiger charge is -2.34. The van der Waals surface area contributed by atoms with Crippen LogP contribution in [0.2, 0.25) is 5.02 Å². The van der Waals surface area contributed by atoms with E-state index < -0.39 is 0 Å². The first kappa shape index (κ1) is 19.3. The van der Waals surface area contributed by atoms with E-state index in [9.17, 15) is 4.79 Å². The fourth-order valence-electron chi connectivity index (χ4n) is 4.24. The van der Waals surface area contributed by atoms with Gasteiger partial charge in [-0.2, -0.15) is 0 Å². The molecule has 2 saturated heterocycles. The minimum absolute atomic E-state index is 0.277. The highest BCUT2D eigenvalue weighted by Crippen LogP contribution is 2.27. The summed E-state index contributed by atoms with van der Waals surface area (Å²) in [5.41, 5.74) is 2.84. The van der Waals surface area contributed by atoms with Crippen molar-refractivity contribution >= 4 is 17.5 Å². The number of carbonyl (C=O) groups excluding carboxylic acids is 1. The van der Waals surface area contributed by atoms with E-state index in [1.54, 1.807) is 6.20 Å². The lowest BCUT2D eigenvalue weighted by Crippen LogP contribution is -2.45. The quantitative estimate of drug-likeness (QED) is 0.781. The first-order valence-electron chi connectivity index (χ1n) is 10.3. The second-order valence-electron chi connectivity index (χ2n) is 7.86. The molecule has 148 valence electrons. The van der Waals surface area contributed by atoms with Gasteiger partial charge in [0, 0.05) is 42.3 Å². The molecule has 5 nitrogen and oxygen atoms in total. The summed E-state index contributed by atoms with van der Waals surface area (Å²) in [6.07, 6.45) is 9.35. The number of amides is 1. The molecule has 1 aromatic heterocycles. The van der Waals surface area contributed by atoms with E-state index in [0.717, 1.165) is 68.8 Å². The number of halogens is 1. The number of hydrogen-bond donors (Lipinski definition) is 0. The van der Waals surface area contributed by atoms with E-state index in [4.69, 9.17) is 16.6 Å². The summed E-state index contributed by atoms with van der Waals surface area (Å²) in [5.74, 6) is 0.591. The summed E-state index contributed by atoms with van der Waals surface area (Å²) >= 11 is 6.12. The maximum atomic E-state index is 12.6. The lowest BCUT2D eigenvalue weighted by molar-refractivity contribution is -0.133. The molecule has 0 spiro atoms. The molecule has 2 fully saturated rings. The van der Waals surface area contributed by atoms with E-state index in [1.807, 2.05) is 35.4 Å². The molecule has 2 aliphatic rings. The normalized spacial score (nSPS) is 20.9. The number of benzene rings is 1. The van der Waals surface area contributed by atoms with Crippen molar-refractivity contribution in [2.75, 3.05) is 32.7 Å². The minimum atomic E-state index is 0.277. The molecule has 0 saturated carbocycles. The van der Waals surface area contributed by atoms with Crippen LogP contribution >= 0.6 is 11.6 Å². The van der Waals surface area contributed by atoms with Gasteiger partial charge in [-0.25, -0.2) is 4.98 Å². The van der Waals surface area contributed by atoms with Crippen molar-refractivity contribution in [3.05, 3.63) is 47.4 Å².